The first-order chi connectivity index (χ1) is 6.38. The molecule has 1 aliphatic heterocycles. The van der Waals surface area contributed by atoms with E-state index < -0.39 is 0 Å². The maximum Gasteiger partial charge on any atom is 0.0972 e. The van der Waals surface area contributed by atoms with Gasteiger partial charge in [-0.3, -0.25) is 0 Å². The molecule has 1 heterocycles. The van der Waals surface area contributed by atoms with Crippen molar-refractivity contribution in [2.24, 2.45) is 10.2 Å². The Balaban J connectivity index is 2.29. The lowest BCUT2D eigenvalue weighted by Crippen LogP contribution is -2.01. The van der Waals surface area contributed by atoms with Gasteiger partial charge < -0.3 is 0 Å². The molecule has 0 aliphatic carbocycles. The zero-order valence-corrected chi connectivity index (χ0v) is 8.04. The molecule has 0 bridgehead atoms. The van der Waals surface area contributed by atoms with Gasteiger partial charge in [-0.05, 0) is 24.5 Å². The van der Waals surface area contributed by atoms with Gasteiger partial charge in [0, 0.05) is 5.02 Å². The second-order valence-corrected chi connectivity index (χ2v) is 3.57. The van der Waals surface area contributed by atoms with Gasteiger partial charge in [-0.2, -0.15) is 10.2 Å². The van der Waals surface area contributed by atoms with Crippen LogP contribution in [0.1, 0.15) is 24.4 Å². The van der Waals surface area contributed by atoms with Gasteiger partial charge in [0.15, 0.2) is 0 Å². The number of nitrogens with zero attached hydrogens (tertiary/aromatic N) is 2. The summed E-state index contributed by atoms with van der Waals surface area (Å²) in [5.74, 6) is 0. The number of hydrogen-bond acceptors (Lipinski definition) is 2. The summed E-state index contributed by atoms with van der Waals surface area (Å²) in [7, 11) is 0. The summed E-state index contributed by atoms with van der Waals surface area (Å²) in [6, 6.07) is 8.04. The fraction of sp³-hybridized carbons (Fsp3) is 0.400. The van der Waals surface area contributed by atoms with Crippen LogP contribution >= 0.6 is 11.6 Å². The van der Waals surface area contributed by atoms with Crippen LogP contribution in [0.3, 0.4) is 0 Å². The van der Waals surface area contributed by atoms with Crippen LogP contribution in [0.15, 0.2) is 34.5 Å². The van der Waals surface area contributed by atoms with E-state index >= 15 is 0 Å². The number of rotatable bonds is 1. The van der Waals surface area contributed by atoms with Crippen LogP contribution in [0.2, 0.25) is 5.02 Å². The van der Waals surface area contributed by atoms with Crippen LogP contribution in [0.5, 0.6) is 0 Å². The molecule has 1 aromatic carbocycles. The van der Waals surface area contributed by atoms with Crippen molar-refractivity contribution in [3.8, 4) is 0 Å². The Hall–Kier alpha value is -0.890. The highest BCUT2D eigenvalue weighted by Gasteiger charge is 2.15. The molecule has 0 spiro atoms. The molecule has 0 amide bonds. The zero-order valence-electron chi connectivity index (χ0n) is 7.28. The maximum absolute atomic E-state index is 6.06. The Bertz CT molecular complexity index is 322. The summed E-state index contributed by atoms with van der Waals surface area (Å²) in [5, 5.41) is 9.04. The minimum atomic E-state index is 0.183. The van der Waals surface area contributed by atoms with Crippen molar-refractivity contribution in [1.29, 1.82) is 0 Å². The molecule has 0 fully saturated rings. The minimum absolute atomic E-state index is 0.183. The molecule has 2 rings (SSSR count). The minimum Gasteiger partial charge on any atom is -0.194 e. The van der Waals surface area contributed by atoms with Crippen molar-refractivity contribution >= 4 is 11.6 Å². The smallest absolute Gasteiger partial charge is 0.0972 e. The molecule has 1 atom stereocenters. The Kier molecular flexibility index (Phi) is 2.60. The molecule has 0 N–H and O–H groups in total. The number of azo groups is 1. The van der Waals surface area contributed by atoms with Crippen LogP contribution in [0, 0.1) is 0 Å². The molecular formula is C10H11ClN2. The van der Waals surface area contributed by atoms with Crippen LogP contribution < -0.4 is 0 Å². The fourth-order valence-corrected chi connectivity index (χ4v) is 1.79. The van der Waals surface area contributed by atoms with Crippen molar-refractivity contribution in [1.82, 2.24) is 0 Å². The molecule has 3 heteroatoms. The highest BCUT2D eigenvalue weighted by Crippen LogP contribution is 2.31. The molecule has 1 unspecified atom stereocenters. The van der Waals surface area contributed by atoms with Gasteiger partial charge in [-0.1, -0.05) is 29.8 Å². The van der Waals surface area contributed by atoms with Crippen LogP contribution in [-0.2, 0) is 0 Å². The van der Waals surface area contributed by atoms with E-state index in [0.29, 0.717) is 0 Å². The molecule has 13 heavy (non-hydrogen) atoms. The first kappa shape index (κ1) is 8.70. The maximum atomic E-state index is 6.06. The third-order valence-corrected chi connectivity index (χ3v) is 2.57. The highest BCUT2D eigenvalue weighted by molar-refractivity contribution is 6.31. The average molecular weight is 195 g/mol. The summed E-state index contributed by atoms with van der Waals surface area (Å²) in [5.41, 5.74) is 1.10. The van der Waals surface area contributed by atoms with Crippen molar-refractivity contribution in [2.45, 2.75) is 18.9 Å². The van der Waals surface area contributed by atoms with Gasteiger partial charge in [-0.25, -0.2) is 0 Å². The van der Waals surface area contributed by atoms with Crippen molar-refractivity contribution in [3.05, 3.63) is 34.9 Å². The zero-order chi connectivity index (χ0) is 9.10. The molecule has 1 aliphatic rings. The first-order valence-electron chi connectivity index (χ1n) is 4.49. The van der Waals surface area contributed by atoms with E-state index in [-0.39, 0.29) is 6.04 Å². The van der Waals surface area contributed by atoms with Gasteiger partial charge in [0.05, 0.1) is 12.6 Å². The third kappa shape index (κ3) is 1.89. The van der Waals surface area contributed by atoms with Gasteiger partial charge in [0.25, 0.3) is 0 Å². The molecule has 68 valence electrons. The molecule has 0 radical (unpaired) electrons. The topological polar surface area (TPSA) is 24.7 Å². The quantitative estimate of drug-likeness (QED) is 0.652. The van der Waals surface area contributed by atoms with Crippen molar-refractivity contribution in [3.63, 3.8) is 0 Å². The normalized spacial score (nSPS) is 21.8. The molecule has 1 aromatic rings. The summed E-state index contributed by atoms with van der Waals surface area (Å²) < 4.78 is 0. The van der Waals surface area contributed by atoms with E-state index in [1.807, 2.05) is 24.3 Å². The van der Waals surface area contributed by atoms with Gasteiger partial charge in [0.2, 0.25) is 0 Å². The molecule has 0 saturated heterocycles. The summed E-state index contributed by atoms with van der Waals surface area (Å²) in [6.45, 7) is 0.862. The second kappa shape index (κ2) is 3.88. The summed E-state index contributed by atoms with van der Waals surface area (Å²) in [4.78, 5) is 0. The predicted molar refractivity (Wildman–Crippen MR) is 53.2 cm³/mol. The standard InChI is InChI=1S/C10H11ClN2/c11-9-5-2-1-4-8(9)10-6-3-7-12-13-10/h1-2,4-5,10H,3,6-7H2. The summed E-state index contributed by atoms with van der Waals surface area (Å²) in [6.07, 6.45) is 2.17. The van der Waals surface area contributed by atoms with Crippen molar-refractivity contribution < 1.29 is 0 Å². The van der Waals surface area contributed by atoms with E-state index in [0.717, 1.165) is 30.0 Å². The Morgan fingerprint density at radius 3 is 2.85 bits per heavy atom. The van der Waals surface area contributed by atoms with Crippen LogP contribution in [0.25, 0.3) is 0 Å². The van der Waals surface area contributed by atoms with E-state index in [1.54, 1.807) is 0 Å². The number of benzene rings is 1. The molecular weight excluding hydrogens is 184 g/mol. The Morgan fingerprint density at radius 2 is 2.15 bits per heavy atom. The Morgan fingerprint density at radius 1 is 1.31 bits per heavy atom. The van der Waals surface area contributed by atoms with E-state index in [2.05, 4.69) is 10.2 Å². The number of hydrogen-bond donors (Lipinski definition) is 0. The van der Waals surface area contributed by atoms with Gasteiger partial charge in [0.1, 0.15) is 0 Å². The van der Waals surface area contributed by atoms with E-state index in [9.17, 15) is 0 Å². The molecule has 2 nitrogen and oxygen atoms in total. The van der Waals surface area contributed by atoms with Gasteiger partial charge in [-0.15, -0.1) is 0 Å². The van der Waals surface area contributed by atoms with Gasteiger partial charge >= 0.3 is 0 Å². The average Bonchev–Trinajstić information content (AvgIpc) is 2.20. The number of halogens is 1. The third-order valence-electron chi connectivity index (χ3n) is 2.22. The largest absolute Gasteiger partial charge is 0.194 e. The van der Waals surface area contributed by atoms with E-state index in [4.69, 9.17) is 11.6 Å². The first-order valence-corrected chi connectivity index (χ1v) is 4.87. The molecule has 0 aromatic heterocycles. The molecule has 0 saturated carbocycles. The lowest BCUT2D eigenvalue weighted by Gasteiger charge is -2.15. The lowest BCUT2D eigenvalue weighted by molar-refractivity contribution is 0.530. The fourth-order valence-electron chi connectivity index (χ4n) is 1.53. The monoisotopic (exact) mass is 194 g/mol. The van der Waals surface area contributed by atoms with E-state index in [1.165, 1.54) is 0 Å². The van der Waals surface area contributed by atoms with Crippen molar-refractivity contribution in [2.75, 3.05) is 6.54 Å². The lowest BCUT2D eigenvalue weighted by atomic mass is 10.0. The highest BCUT2D eigenvalue weighted by atomic mass is 35.5. The predicted octanol–water partition coefficient (Wildman–Crippen LogP) is 3.63. The SMILES string of the molecule is Clc1ccccc1C1CCCN=N1. The second-order valence-electron chi connectivity index (χ2n) is 3.16. The van der Waals surface area contributed by atoms with Crippen LogP contribution in [-0.4, -0.2) is 6.54 Å². The van der Waals surface area contributed by atoms with Crippen LogP contribution in [0.4, 0.5) is 0 Å². The Labute approximate surface area is 82.6 Å². The summed E-state index contributed by atoms with van der Waals surface area (Å²) >= 11 is 6.06.